The van der Waals surface area contributed by atoms with Crippen molar-refractivity contribution in [1.29, 1.82) is 0 Å². The Morgan fingerprint density at radius 1 is 1.05 bits per heavy atom. The van der Waals surface area contributed by atoms with Gasteiger partial charge < -0.3 is 0 Å². The number of aryl methyl sites for hydroxylation is 1. The predicted molar refractivity (Wildman–Crippen MR) is 94.6 cm³/mol. The van der Waals surface area contributed by atoms with E-state index < -0.39 is 0 Å². The molecule has 0 saturated carbocycles. The predicted octanol–water partition coefficient (Wildman–Crippen LogP) is 3.96. The van der Waals surface area contributed by atoms with Crippen LogP contribution in [-0.4, -0.2) is 0 Å². The molecule has 0 heterocycles. The van der Waals surface area contributed by atoms with Gasteiger partial charge in [-0.1, -0.05) is 54.1 Å². The Bertz CT molecular complexity index is 1060. The topological polar surface area (TPSA) is 0 Å². The van der Waals surface area contributed by atoms with Crippen molar-refractivity contribution in [2.45, 2.75) is 27.2 Å². The van der Waals surface area contributed by atoms with Crippen molar-refractivity contribution in [3.05, 3.63) is 86.1 Å². The highest BCUT2D eigenvalue weighted by molar-refractivity contribution is 5.81. The van der Waals surface area contributed by atoms with E-state index >= 15 is 0 Å². The Morgan fingerprint density at radius 2 is 1.86 bits per heavy atom. The minimum atomic E-state index is 1.04. The van der Waals surface area contributed by atoms with Crippen LogP contribution in [0.5, 0.6) is 0 Å². The maximum atomic E-state index is 2.37. The number of benzene rings is 2. The van der Waals surface area contributed by atoms with Gasteiger partial charge in [0.15, 0.2) is 0 Å². The van der Waals surface area contributed by atoms with Crippen molar-refractivity contribution in [1.82, 2.24) is 0 Å². The molecule has 0 unspecified atom stereocenters. The fourth-order valence-corrected chi connectivity index (χ4v) is 3.84. The fourth-order valence-electron chi connectivity index (χ4n) is 3.84. The Morgan fingerprint density at radius 3 is 2.59 bits per heavy atom. The molecule has 0 aromatic heterocycles. The lowest BCUT2D eigenvalue weighted by atomic mass is 9.91. The summed E-state index contributed by atoms with van der Waals surface area (Å²) in [4.78, 5) is 0. The third-order valence-electron chi connectivity index (χ3n) is 4.71. The maximum absolute atomic E-state index is 2.37. The van der Waals surface area contributed by atoms with Gasteiger partial charge in [-0.25, -0.2) is 0 Å². The first kappa shape index (κ1) is 13.3. The standard InChI is InChI=1S/C22H20/c1-14(2)21-15(3)12-19-18-11-7-6-10-17(18)13-20(19)22(21)16-8-4-5-9-16/h4-8,10-13H,9H2,1-3H3. The Balaban J connectivity index is 2.26. The maximum Gasteiger partial charge on any atom is -0.00677 e. The summed E-state index contributed by atoms with van der Waals surface area (Å²) in [6.45, 7) is 6.70. The zero-order chi connectivity index (χ0) is 15.3. The van der Waals surface area contributed by atoms with Crippen molar-refractivity contribution >= 4 is 17.2 Å². The van der Waals surface area contributed by atoms with Crippen LogP contribution in [0.15, 0.2) is 48.6 Å². The van der Waals surface area contributed by atoms with Gasteiger partial charge in [-0.2, -0.15) is 0 Å². The van der Waals surface area contributed by atoms with Crippen LogP contribution in [0.4, 0.5) is 0 Å². The van der Waals surface area contributed by atoms with Crippen LogP contribution in [0.3, 0.4) is 0 Å². The Labute approximate surface area is 131 Å². The van der Waals surface area contributed by atoms with Crippen LogP contribution >= 0.6 is 0 Å². The van der Waals surface area contributed by atoms with Crippen molar-refractivity contribution in [2.24, 2.45) is 0 Å². The summed E-state index contributed by atoms with van der Waals surface area (Å²) in [5, 5.41) is 5.53. The third kappa shape index (κ3) is 1.84. The van der Waals surface area contributed by atoms with Crippen molar-refractivity contribution in [3.8, 4) is 0 Å². The molecule has 4 rings (SSSR count). The highest BCUT2D eigenvalue weighted by Gasteiger charge is 2.15. The van der Waals surface area contributed by atoms with Gasteiger partial charge in [0.25, 0.3) is 0 Å². The molecular weight excluding hydrogens is 264 g/mol. The largest absolute Gasteiger partial charge is 0.0801 e. The van der Waals surface area contributed by atoms with Gasteiger partial charge in [0.2, 0.25) is 0 Å². The van der Waals surface area contributed by atoms with E-state index in [9.17, 15) is 0 Å². The second-order valence-electron chi connectivity index (χ2n) is 6.46. The minimum Gasteiger partial charge on any atom is -0.0801 e. The van der Waals surface area contributed by atoms with E-state index in [1.54, 1.807) is 0 Å². The average molecular weight is 284 g/mol. The smallest absolute Gasteiger partial charge is 0.00677 e. The molecule has 0 fully saturated rings. The molecule has 0 spiro atoms. The molecule has 0 nitrogen and oxygen atoms in total. The first-order chi connectivity index (χ1) is 10.7. The molecule has 0 aliphatic heterocycles. The van der Waals surface area contributed by atoms with E-state index in [-0.39, 0.29) is 0 Å². The second-order valence-corrected chi connectivity index (χ2v) is 6.46. The van der Waals surface area contributed by atoms with E-state index in [1.165, 1.54) is 48.7 Å². The fraction of sp³-hybridized carbons (Fsp3) is 0.182. The molecule has 0 radical (unpaired) electrons. The summed E-state index contributed by atoms with van der Waals surface area (Å²) in [5.41, 5.74) is 7.06. The Kier molecular flexibility index (Phi) is 2.94. The zero-order valence-electron chi connectivity index (χ0n) is 13.4. The first-order valence-corrected chi connectivity index (χ1v) is 7.95. The molecule has 0 heteroatoms. The van der Waals surface area contributed by atoms with Crippen molar-refractivity contribution in [2.75, 3.05) is 0 Å². The summed E-state index contributed by atoms with van der Waals surface area (Å²) < 4.78 is 0. The van der Waals surface area contributed by atoms with Gasteiger partial charge in [-0.05, 0) is 76.4 Å². The molecule has 0 saturated heterocycles. The third-order valence-corrected chi connectivity index (χ3v) is 4.71. The average Bonchev–Trinajstić information content (AvgIpc) is 3.13. The van der Waals surface area contributed by atoms with E-state index in [1.807, 2.05) is 0 Å². The molecule has 108 valence electrons. The quantitative estimate of drug-likeness (QED) is 0.634. The highest BCUT2D eigenvalue weighted by Crippen LogP contribution is 2.27. The summed E-state index contributed by atoms with van der Waals surface area (Å²) >= 11 is 0. The van der Waals surface area contributed by atoms with Crippen LogP contribution in [0.2, 0.25) is 0 Å². The number of rotatable bonds is 1. The van der Waals surface area contributed by atoms with Crippen molar-refractivity contribution < 1.29 is 0 Å². The second kappa shape index (κ2) is 4.84. The van der Waals surface area contributed by atoms with Gasteiger partial charge in [-0.3, -0.25) is 0 Å². The molecule has 0 N–H and O–H groups in total. The lowest BCUT2D eigenvalue weighted by molar-refractivity contribution is 1.28. The first-order valence-electron chi connectivity index (χ1n) is 7.95. The normalized spacial score (nSPS) is 14.4. The molecule has 0 bridgehead atoms. The lowest BCUT2D eigenvalue weighted by Gasteiger charge is -2.13. The molecule has 2 aliphatic rings. The van der Waals surface area contributed by atoms with Crippen LogP contribution in [0.1, 0.15) is 37.0 Å². The molecular formula is C22H20. The zero-order valence-corrected chi connectivity index (χ0v) is 13.4. The van der Waals surface area contributed by atoms with Gasteiger partial charge >= 0.3 is 0 Å². The van der Waals surface area contributed by atoms with Crippen LogP contribution in [0, 0.1) is 17.4 Å². The van der Waals surface area contributed by atoms with E-state index in [4.69, 9.17) is 0 Å². The van der Waals surface area contributed by atoms with E-state index in [0.29, 0.717) is 0 Å². The molecule has 2 aromatic rings. The molecule has 22 heavy (non-hydrogen) atoms. The molecule has 0 atom stereocenters. The summed E-state index contributed by atoms with van der Waals surface area (Å²) in [5.74, 6) is 0. The summed E-state index contributed by atoms with van der Waals surface area (Å²) in [7, 11) is 0. The van der Waals surface area contributed by atoms with E-state index in [2.05, 4.69) is 75.4 Å². The van der Waals surface area contributed by atoms with Gasteiger partial charge in [0.1, 0.15) is 0 Å². The van der Waals surface area contributed by atoms with E-state index in [0.717, 1.165) is 6.42 Å². The number of hydrogen-bond acceptors (Lipinski definition) is 0. The summed E-state index contributed by atoms with van der Waals surface area (Å²) in [6.07, 6.45) is 10.1. The molecule has 0 amide bonds. The summed E-state index contributed by atoms with van der Waals surface area (Å²) in [6, 6.07) is 11.1. The van der Waals surface area contributed by atoms with Crippen molar-refractivity contribution in [3.63, 3.8) is 0 Å². The number of hydrogen-bond donors (Lipinski definition) is 0. The molecule has 2 aromatic carbocycles. The monoisotopic (exact) mass is 284 g/mol. The van der Waals surface area contributed by atoms with Crippen LogP contribution < -0.4 is 10.4 Å². The van der Waals surface area contributed by atoms with Gasteiger partial charge in [-0.15, -0.1) is 0 Å². The van der Waals surface area contributed by atoms with Crippen LogP contribution in [0.25, 0.3) is 17.2 Å². The minimum absolute atomic E-state index is 1.04. The SMILES string of the molecule is CC(C)=c1c(C)cc2c(c1C1=CC=CC1)C=c1ccccc1=2. The Hall–Kier alpha value is -2.34. The van der Waals surface area contributed by atoms with Crippen LogP contribution in [-0.2, 0) is 0 Å². The molecule has 2 aliphatic carbocycles. The lowest BCUT2D eigenvalue weighted by Crippen LogP contribution is -2.17. The highest BCUT2D eigenvalue weighted by atomic mass is 14.2. The number of fused-ring (bicyclic) bond motifs is 2. The number of allylic oxidation sites excluding steroid dienone is 4. The van der Waals surface area contributed by atoms with Gasteiger partial charge in [0.05, 0.1) is 0 Å². The van der Waals surface area contributed by atoms with Gasteiger partial charge in [0, 0.05) is 0 Å².